The molecule has 0 aromatic rings. The fourth-order valence-corrected chi connectivity index (χ4v) is 2.51. The molecule has 0 bridgehead atoms. The molecule has 0 aromatic carbocycles. The van der Waals surface area contributed by atoms with E-state index < -0.39 is 0 Å². The van der Waals surface area contributed by atoms with Crippen molar-refractivity contribution in [2.45, 2.75) is 59.0 Å². The summed E-state index contributed by atoms with van der Waals surface area (Å²) in [5.41, 5.74) is 0. The first-order valence-electron chi connectivity index (χ1n) is 6.70. The SMILES string of the molecule is CCCN1CC(C(C)CC)NCC1CC. The van der Waals surface area contributed by atoms with Gasteiger partial charge in [-0.15, -0.1) is 0 Å². The molecule has 0 aliphatic carbocycles. The maximum atomic E-state index is 3.72. The predicted molar refractivity (Wildman–Crippen MR) is 67.2 cm³/mol. The second-order valence-electron chi connectivity index (χ2n) is 4.96. The lowest BCUT2D eigenvalue weighted by atomic mass is 9.95. The third-order valence-corrected chi connectivity index (χ3v) is 3.88. The minimum absolute atomic E-state index is 0.712. The first kappa shape index (κ1) is 13.0. The lowest BCUT2D eigenvalue weighted by Gasteiger charge is -2.42. The lowest BCUT2D eigenvalue weighted by molar-refractivity contribution is 0.106. The Labute approximate surface area is 95.4 Å². The van der Waals surface area contributed by atoms with E-state index in [9.17, 15) is 0 Å². The van der Waals surface area contributed by atoms with Crippen LogP contribution in [0.2, 0.25) is 0 Å². The molecule has 15 heavy (non-hydrogen) atoms. The Bertz CT molecular complexity index is 170. The highest BCUT2D eigenvalue weighted by molar-refractivity contribution is 4.87. The van der Waals surface area contributed by atoms with Crippen LogP contribution in [0.25, 0.3) is 0 Å². The van der Waals surface area contributed by atoms with Crippen molar-refractivity contribution in [3.8, 4) is 0 Å². The van der Waals surface area contributed by atoms with Gasteiger partial charge in [-0.25, -0.2) is 0 Å². The highest BCUT2D eigenvalue weighted by atomic mass is 15.2. The number of piperazine rings is 1. The molecule has 1 saturated heterocycles. The van der Waals surface area contributed by atoms with Gasteiger partial charge >= 0.3 is 0 Å². The Kier molecular flexibility index (Phi) is 5.62. The number of nitrogens with one attached hydrogen (secondary N) is 1. The van der Waals surface area contributed by atoms with Crippen LogP contribution in [0.5, 0.6) is 0 Å². The van der Waals surface area contributed by atoms with E-state index in [1.165, 1.54) is 38.9 Å². The Hall–Kier alpha value is -0.0800. The monoisotopic (exact) mass is 212 g/mol. The summed E-state index contributed by atoms with van der Waals surface area (Å²) in [5, 5.41) is 3.72. The summed E-state index contributed by atoms with van der Waals surface area (Å²) in [4.78, 5) is 2.69. The van der Waals surface area contributed by atoms with Crippen molar-refractivity contribution in [2.75, 3.05) is 19.6 Å². The summed E-state index contributed by atoms with van der Waals surface area (Å²) in [6.07, 6.45) is 3.85. The number of rotatable bonds is 5. The molecule has 1 rings (SSSR count). The van der Waals surface area contributed by atoms with Crippen molar-refractivity contribution in [1.29, 1.82) is 0 Å². The van der Waals surface area contributed by atoms with Gasteiger partial charge in [-0.1, -0.05) is 34.1 Å². The molecular formula is C13H28N2. The molecule has 90 valence electrons. The second-order valence-corrected chi connectivity index (χ2v) is 4.96. The molecule has 1 aliphatic heterocycles. The van der Waals surface area contributed by atoms with Crippen molar-refractivity contribution >= 4 is 0 Å². The lowest BCUT2D eigenvalue weighted by Crippen LogP contribution is -2.58. The normalized spacial score (nSPS) is 30.4. The van der Waals surface area contributed by atoms with Gasteiger partial charge in [0, 0.05) is 25.2 Å². The molecule has 1 N–H and O–H groups in total. The van der Waals surface area contributed by atoms with E-state index in [2.05, 4.69) is 37.9 Å². The zero-order valence-corrected chi connectivity index (χ0v) is 10.9. The van der Waals surface area contributed by atoms with Gasteiger partial charge in [0.15, 0.2) is 0 Å². The van der Waals surface area contributed by atoms with Crippen LogP contribution < -0.4 is 5.32 Å². The van der Waals surface area contributed by atoms with E-state index in [1.54, 1.807) is 0 Å². The largest absolute Gasteiger partial charge is 0.311 e. The Morgan fingerprint density at radius 3 is 2.60 bits per heavy atom. The third kappa shape index (κ3) is 3.46. The molecule has 1 heterocycles. The minimum atomic E-state index is 0.712. The molecule has 0 saturated carbocycles. The first-order chi connectivity index (χ1) is 7.22. The van der Waals surface area contributed by atoms with Crippen LogP contribution in [-0.2, 0) is 0 Å². The van der Waals surface area contributed by atoms with Crippen molar-refractivity contribution < 1.29 is 0 Å². The minimum Gasteiger partial charge on any atom is -0.311 e. The van der Waals surface area contributed by atoms with E-state index in [4.69, 9.17) is 0 Å². The number of nitrogens with zero attached hydrogens (tertiary/aromatic N) is 1. The first-order valence-corrected chi connectivity index (χ1v) is 6.70. The molecule has 2 heteroatoms. The summed E-state index contributed by atoms with van der Waals surface area (Å²) in [5.74, 6) is 0.808. The Morgan fingerprint density at radius 1 is 1.33 bits per heavy atom. The van der Waals surface area contributed by atoms with Crippen LogP contribution in [0, 0.1) is 5.92 Å². The van der Waals surface area contributed by atoms with E-state index >= 15 is 0 Å². The molecule has 0 radical (unpaired) electrons. The second kappa shape index (κ2) is 6.49. The zero-order chi connectivity index (χ0) is 11.3. The molecule has 3 atom stereocenters. The van der Waals surface area contributed by atoms with Gasteiger partial charge in [0.05, 0.1) is 0 Å². The molecule has 0 aromatic heterocycles. The summed E-state index contributed by atoms with van der Waals surface area (Å²) in [6.45, 7) is 13.0. The third-order valence-electron chi connectivity index (χ3n) is 3.88. The molecule has 3 unspecified atom stereocenters. The molecule has 1 aliphatic rings. The van der Waals surface area contributed by atoms with E-state index in [-0.39, 0.29) is 0 Å². The molecule has 0 amide bonds. The average molecular weight is 212 g/mol. The fraction of sp³-hybridized carbons (Fsp3) is 1.00. The van der Waals surface area contributed by atoms with Crippen LogP contribution in [0.4, 0.5) is 0 Å². The smallest absolute Gasteiger partial charge is 0.0221 e. The van der Waals surface area contributed by atoms with Crippen LogP contribution >= 0.6 is 0 Å². The van der Waals surface area contributed by atoms with Gasteiger partial charge in [-0.05, 0) is 25.3 Å². The topological polar surface area (TPSA) is 15.3 Å². The fourth-order valence-electron chi connectivity index (χ4n) is 2.51. The van der Waals surface area contributed by atoms with Gasteiger partial charge in [0.1, 0.15) is 0 Å². The van der Waals surface area contributed by atoms with Gasteiger partial charge in [-0.3, -0.25) is 4.90 Å². The van der Waals surface area contributed by atoms with E-state index in [0.717, 1.165) is 12.0 Å². The summed E-state index contributed by atoms with van der Waals surface area (Å²) < 4.78 is 0. The van der Waals surface area contributed by atoms with Crippen molar-refractivity contribution in [3.05, 3.63) is 0 Å². The predicted octanol–water partition coefficient (Wildman–Crippen LogP) is 2.49. The van der Waals surface area contributed by atoms with Crippen molar-refractivity contribution in [1.82, 2.24) is 10.2 Å². The zero-order valence-electron chi connectivity index (χ0n) is 10.9. The van der Waals surface area contributed by atoms with Gasteiger partial charge < -0.3 is 5.32 Å². The van der Waals surface area contributed by atoms with Gasteiger partial charge in [0.2, 0.25) is 0 Å². The van der Waals surface area contributed by atoms with Crippen LogP contribution in [0.1, 0.15) is 47.0 Å². The quantitative estimate of drug-likeness (QED) is 0.753. The standard InChI is InChI=1S/C13H28N2/c1-5-8-15-10-13(11(4)6-2)14-9-12(15)7-3/h11-14H,5-10H2,1-4H3. The molecule has 2 nitrogen and oxygen atoms in total. The van der Waals surface area contributed by atoms with Crippen molar-refractivity contribution in [3.63, 3.8) is 0 Å². The van der Waals surface area contributed by atoms with Crippen LogP contribution in [0.15, 0.2) is 0 Å². The van der Waals surface area contributed by atoms with Crippen LogP contribution in [-0.4, -0.2) is 36.6 Å². The maximum Gasteiger partial charge on any atom is 0.0221 e. The summed E-state index contributed by atoms with van der Waals surface area (Å²) in [6, 6.07) is 1.48. The highest BCUT2D eigenvalue weighted by Gasteiger charge is 2.28. The van der Waals surface area contributed by atoms with Crippen LogP contribution in [0.3, 0.4) is 0 Å². The molecule has 0 spiro atoms. The number of hydrogen-bond donors (Lipinski definition) is 1. The van der Waals surface area contributed by atoms with E-state index in [0.29, 0.717) is 6.04 Å². The van der Waals surface area contributed by atoms with Crippen molar-refractivity contribution in [2.24, 2.45) is 5.92 Å². The molecule has 1 fully saturated rings. The highest BCUT2D eigenvalue weighted by Crippen LogP contribution is 2.17. The Balaban J connectivity index is 2.49. The number of hydrogen-bond acceptors (Lipinski definition) is 2. The summed E-state index contributed by atoms with van der Waals surface area (Å²) >= 11 is 0. The average Bonchev–Trinajstić information content (AvgIpc) is 2.28. The van der Waals surface area contributed by atoms with E-state index in [1.807, 2.05) is 0 Å². The van der Waals surface area contributed by atoms with Gasteiger partial charge in [0.25, 0.3) is 0 Å². The molecular weight excluding hydrogens is 184 g/mol. The Morgan fingerprint density at radius 2 is 2.07 bits per heavy atom. The summed E-state index contributed by atoms with van der Waals surface area (Å²) in [7, 11) is 0. The van der Waals surface area contributed by atoms with Gasteiger partial charge in [-0.2, -0.15) is 0 Å². The maximum absolute atomic E-state index is 3.72.